The van der Waals surface area contributed by atoms with Crippen LogP contribution in [0.2, 0.25) is 5.02 Å². The molecule has 0 aliphatic rings. The minimum atomic E-state index is 0.833. The topological polar surface area (TPSA) is 17.8 Å². The average Bonchev–Trinajstić information content (AvgIpc) is 2.64. The molecule has 2 aromatic heterocycles. The van der Waals surface area contributed by atoms with Crippen LogP contribution in [-0.2, 0) is 13.0 Å². The molecule has 2 aromatic rings. The Morgan fingerprint density at radius 3 is 2.76 bits per heavy atom. The Balaban J connectivity index is 2.60. The van der Waals surface area contributed by atoms with Gasteiger partial charge in [-0.3, -0.25) is 0 Å². The molecule has 0 aromatic carbocycles. The van der Waals surface area contributed by atoms with Crippen LogP contribution in [0.3, 0.4) is 0 Å². The first-order chi connectivity index (χ1) is 8.17. The van der Waals surface area contributed by atoms with Crippen LogP contribution in [-0.4, -0.2) is 9.55 Å². The van der Waals surface area contributed by atoms with E-state index in [9.17, 15) is 0 Å². The third-order valence-corrected chi connectivity index (χ3v) is 3.42. The highest BCUT2D eigenvalue weighted by molar-refractivity contribution is 6.35. The van der Waals surface area contributed by atoms with Gasteiger partial charge in [0.25, 0.3) is 0 Å². The molecule has 3 heteroatoms. The van der Waals surface area contributed by atoms with Crippen molar-refractivity contribution in [1.29, 1.82) is 0 Å². The largest absolute Gasteiger partial charge is 0.332 e. The fourth-order valence-electron chi connectivity index (χ4n) is 2.20. The van der Waals surface area contributed by atoms with Crippen LogP contribution in [0.1, 0.15) is 37.9 Å². The molecule has 2 nitrogen and oxygen atoms in total. The van der Waals surface area contributed by atoms with Gasteiger partial charge in [0.1, 0.15) is 5.65 Å². The Bertz CT molecular complexity index is 528. The molecule has 0 saturated heterocycles. The van der Waals surface area contributed by atoms with E-state index in [4.69, 9.17) is 11.6 Å². The number of nitrogens with zero attached hydrogens (tertiary/aromatic N) is 2. The summed E-state index contributed by atoms with van der Waals surface area (Å²) < 4.78 is 2.25. The summed E-state index contributed by atoms with van der Waals surface area (Å²) in [4.78, 5) is 4.64. The molecule has 0 radical (unpaired) electrons. The fraction of sp³-hybridized carbons (Fsp3) is 0.500. The standard InChI is InChI=1S/C14H19ClN2/c1-4-6-7-17-9-11(5-2)13-12(15)8-10(3)16-14(13)17/h8-9H,4-7H2,1-3H3. The highest BCUT2D eigenvalue weighted by atomic mass is 35.5. The van der Waals surface area contributed by atoms with Crippen LogP contribution in [0.15, 0.2) is 12.3 Å². The van der Waals surface area contributed by atoms with E-state index < -0.39 is 0 Å². The molecule has 0 amide bonds. The molecule has 0 atom stereocenters. The molecular formula is C14H19ClN2. The number of hydrogen-bond donors (Lipinski definition) is 0. The van der Waals surface area contributed by atoms with Crippen molar-refractivity contribution in [2.45, 2.75) is 46.6 Å². The molecule has 0 saturated carbocycles. The Morgan fingerprint density at radius 1 is 1.35 bits per heavy atom. The Morgan fingerprint density at radius 2 is 2.12 bits per heavy atom. The van der Waals surface area contributed by atoms with Gasteiger partial charge in [0.05, 0.1) is 5.02 Å². The molecule has 2 rings (SSSR count). The van der Waals surface area contributed by atoms with Gasteiger partial charge in [-0.2, -0.15) is 0 Å². The summed E-state index contributed by atoms with van der Waals surface area (Å²) >= 11 is 6.34. The Hall–Kier alpha value is -1.02. The molecule has 0 aliphatic carbocycles. The van der Waals surface area contributed by atoms with E-state index in [1.165, 1.54) is 18.4 Å². The SMILES string of the molecule is CCCCn1cc(CC)c2c(Cl)cc(C)nc21. The van der Waals surface area contributed by atoms with Gasteiger partial charge >= 0.3 is 0 Å². The van der Waals surface area contributed by atoms with Gasteiger partial charge in [0, 0.05) is 23.8 Å². The molecule has 0 aliphatic heterocycles. The summed E-state index contributed by atoms with van der Waals surface area (Å²) in [6.07, 6.45) is 5.58. The minimum Gasteiger partial charge on any atom is -0.332 e. The number of hydrogen-bond acceptors (Lipinski definition) is 1. The molecular weight excluding hydrogens is 232 g/mol. The summed E-state index contributed by atoms with van der Waals surface area (Å²) in [5, 5.41) is 1.97. The van der Waals surface area contributed by atoms with Crippen molar-refractivity contribution in [3.8, 4) is 0 Å². The van der Waals surface area contributed by atoms with Crippen molar-refractivity contribution < 1.29 is 0 Å². The molecule has 0 N–H and O–H groups in total. The van der Waals surface area contributed by atoms with Crippen LogP contribution < -0.4 is 0 Å². The summed E-state index contributed by atoms with van der Waals surface area (Å²) in [6.45, 7) is 7.39. The molecule has 2 heterocycles. The third kappa shape index (κ3) is 2.32. The first-order valence-corrected chi connectivity index (χ1v) is 6.70. The van der Waals surface area contributed by atoms with Gasteiger partial charge < -0.3 is 4.57 Å². The number of aryl methyl sites for hydroxylation is 3. The Kier molecular flexibility index (Phi) is 3.72. The Labute approximate surface area is 108 Å². The maximum Gasteiger partial charge on any atom is 0.141 e. The van der Waals surface area contributed by atoms with E-state index in [0.29, 0.717) is 0 Å². The minimum absolute atomic E-state index is 0.833. The maximum atomic E-state index is 6.34. The summed E-state index contributed by atoms with van der Waals surface area (Å²) in [5.41, 5.74) is 3.33. The number of aromatic nitrogens is 2. The van der Waals surface area contributed by atoms with Gasteiger partial charge in [0.2, 0.25) is 0 Å². The second-order valence-electron chi connectivity index (χ2n) is 4.50. The zero-order valence-electron chi connectivity index (χ0n) is 10.8. The van der Waals surface area contributed by atoms with Crippen molar-refractivity contribution in [3.63, 3.8) is 0 Å². The van der Waals surface area contributed by atoms with Crippen molar-refractivity contribution in [2.75, 3.05) is 0 Å². The first-order valence-electron chi connectivity index (χ1n) is 6.32. The lowest BCUT2D eigenvalue weighted by Crippen LogP contribution is -1.97. The van der Waals surface area contributed by atoms with Crippen molar-refractivity contribution in [1.82, 2.24) is 9.55 Å². The highest BCUT2D eigenvalue weighted by Crippen LogP contribution is 2.28. The van der Waals surface area contributed by atoms with Gasteiger partial charge in [-0.05, 0) is 31.4 Å². The molecule has 17 heavy (non-hydrogen) atoms. The molecule has 0 fully saturated rings. The van der Waals surface area contributed by atoms with Gasteiger partial charge in [0.15, 0.2) is 0 Å². The molecule has 0 bridgehead atoms. The molecule has 0 spiro atoms. The molecule has 0 unspecified atom stereocenters. The highest BCUT2D eigenvalue weighted by Gasteiger charge is 2.12. The lowest BCUT2D eigenvalue weighted by Gasteiger charge is -2.04. The van der Waals surface area contributed by atoms with E-state index in [0.717, 1.165) is 34.7 Å². The zero-order chi connectivity index (χ0) is 12.4. The smallest absolute Gasteiger partial charge is 0.141 e. The number of halogens is 1. The normalized spacial score (nSPS) is 11.3. The second kappa shape index (κ2) is 5.09. The van der Waals surface area contributed by atoms with Crippen LogP contribution >= 0.6 is 11.6 Å². The van der Waals surface area contributed by atoms with E-state index in [1.807, 2.05) is 13.0 Å². The van der Waals surface area contributed by atoms with Gasteiger partial charge in [-0.15, -0.1) is 0 Å². The van der Waals surface area contributed by atoms with Gasteiger partial charge in [-0.25, -0.2) is 4.98 Å². The summed E-state index contributed by atoms with van der Waals surface area (Å²) in [6, 6.07) is 1.95. The first kappa shape index (κ1) is 12.4. The van der Waals surface area contributed by atoms with E-state index in [-0.39, 0.29) is 0 Å². The van der Waals surface area contributed by atoms with Crippen molar-refractivity contribution >= 4 is 22.6 Å². The monoisotopic (exact) mass is 250 g/mol. The van der Waals surface area contributed by atoms with Gasteiger partial charge in [-0.1, -0.05) is 31.9 Å². The lowest BCUT2D eigenvalue weighted by atomic mass is 10.2. The zero-order valence-corrected chi connectivity index (χ0v) is 11.5. The predicted molar refractivity (Wildman–Crippen MR) is 73.8 cm³/mol. The second-order valence-corrected chi connectivity index (χ2v) is 4.91. The van der Waals surface area contributed by atoms with Crippen molar-refractivity contribution in [3.05, 3.63) is 28.5 Å². The summed E-state index contributed by atoms with van der Waals surface area (Å²) in [5.74, 6) is 0. The summed E-state index contributed by atoms with van der Waals surface area (Å²) in [7, 11) is 0. The maximum absolute atomic E-state index is 6.34. The van der Waals surface area contributed by atoms with Crippen LogP contribution in [0.5, 0.6) is 0 Å². The van der Waals surface area contributed by atoms with Crippen LogP contribution in [0.25, 0.3) is 11.0 Å². The average molecular weight is 251 g/mol. The fourth-order valence-corrected chi connectivity index (χ4v) is 2.57. The molecule has 92 valence electrons. The number of rotatable bonds is 4. The quantitative estimate of drug-likeness (QED) is 0.788. The van der Waals surface area contributed by atoms with E-state index >= 15 is 0 Å². The van der Waals surface area contributed by atoms with Crippen LogP contribution in [0, 0.1) is 6.92 Å². The third-order valence-electron chi connectivity index (χ3n) is 3.12. The predicted octanol–water partition coefficient (Wildman–Crippen LogP) is 4.36. The number of unbranched alkanes of at least 4 members (excludes halogenated alkanes) is 1. The number of pyridine rings is 1. The van der Waals surface area contributed by atoms with Crippen molar-refractivity contribution in [2.24, 2.45) is 0 Å². The van der Waals surface area contributed by atoms with Crippen LogP contribution in [0.4, 0.5) is 0 Å². The lowest BCUT2D eigenvalue weighted by molar-refractivity contribution is 0.644. The van der Waals surface area contributed by atoms with E-state index in [2.05, 4.69) is 29.6 Å². The number of fused-ring (bicyclic) bond motifs is 1. The van der Waals surface area contributed by atoms with E-state index in [1.54, 1.807) is 0 Å².